The van der Waals surface area contributed by atoms with Crippen LogP contribution in [0.1, 0.15) is 55.2 Å². The van der Waals surface area contributed by atoms with Gasteiger partial charge in [0.15, 0.2) is 0 Å². The average molecular weight is 531 g/mol. The van der Waals surface area contributed by atoms with Crippen LogP contribution in [0.5, 0.6) is 11.5 Å². The lowest BCUT2D eigenvalue weighted by Crippen LogP contribution is -2.16. The van der Waals surface area contributed by atoms with E-state index in [0.29, 0.717) is 35.1 Å². The molecule has 0 radical (unpaired) electrons. The summed E-state index contributed by atoms with van der Waals surface area (Å²) in [5.41, 5.74) is 3.73. The van der Waals surface area contributed by atoms with Gasteiger partial charge in [0, 0.05) is 11.1 Å². The zero-order valence-electron chi connectivity index (χ0n) is 22.1. The standard InChI is InChI=1S/C31H34N2O6/c1-36-32-30(24-8-4-2-5-9-24)22-38-26-16-12-23(13-17-26)21-37-27-18-14-25(15-19-27)29(20-31(34)35)33-39-28-10-6-3-7-11-28/h2,4-5,8-9,12-19,28H,3,6-7,10-11,20-22H2,1H3,(H,34,35)/b32-30+,33-29+. The molecule has 39 heavy (non-hydrogen) atoms. The van der Waals surface area contributed by atoms with Crippen LogP contribution in [0.25, 0.3) is 0 Å². The quantitative estimate of drug-likeness (QED) is 0.208. The van der Waals surface area contributed by atoms with Crippen molar-refractivity contribution in [3.8, 4) is 11.5 Å². The monoisotopic (exact) mass is 530 g/mol. The molecule has 0 unspecified atom stereocenters. The Balaban J connectivity index is 1.30. The Morgan fingerprint density at radius 3 is 2.10 bits per heavy atom. The first kappa shape index (κ1) is 27.7. The van der Waals surface area contributed by atoms with Gasteiger partial charge in [0.25, 0.3) is 0 Å². The van der Waals surface area contributed by atoms with E-state index in [9.17, 15) is 9.90 Å². The van der Waals surface area contributed by atoms with Gasteiger partial charge in [0.05, 0.1) is 12.1 Å². The van der Waals surface area contributed by atoms with E-state index in [0.717, 1.165) is 36.8 Å². The van der Waals surface area contributed by atoms with E-state index in [1.807, 2.05) is 78.9 Å². The highest BCUT2D eigenvalue weighted by atomic mass is 16.6. The number of aliphatic carboxylic acids is 1. The van der Waals surface area contributed by atoms with E-state index >= 15 is 0 Å². The second-order valence-electron chi connectivity index (χ2n) is 9.31. The predicted octanol–water partition coefficient (Wildman–Crippen LogP) is 6.22. The minimum absolute atomic E-state index is 0.0614. The molecule has 0 amide bonds. The molecule has 0 aromatic heterocycles. The SMILES string of the molecule is CO/N=C(\COc1ccc(COc2ccc(/C(CC(=O)O)=N/OC3CCCCC3)cc2)cc1)c1ccccc1. The maximum Gasteiger partial charge on any atom is 0.309 e. The van der Waals surface area contributed by atoms with Crippen LogP contribution in [-0.4, -0.2) is 42.3 Å². The number of carbonyl (C=O) groups is 1. The van der Waals surface area contributed by atoms with Gasteiger partial charge in [0.2, 0.25) is 0 Å². The van der Waals surface area contributed by atoms with Gasteiger partial charge >= 0.3 is 5.97 Å². The van der Waals surface area contributed by atoms with Crippen molar-refractivity contribution in [3.05, 3.63) is 95.6 Å². The van der Waals surface area contributed by atoms with Crippen molar-refractivity contribution in [2.45, 2.75) is 51.2 Å². The van der Waals surface area contributed by atoms with E-state index in [2.05, 4.69) is 10.3 Å². The number of carboxylic acid groups (broad SMARTS) is 1. The van der Waals surface area contributed by atoms with Crippen LogP contribution in [0.4, 0.5) is 0 Å². The largest absolute Gasteiger partial charge is 0.489 e. The number of hydrogen-bond donors (Lipinski definition) is 1. The van der Waals surface area contributed by atoms with Crippen LogP contribution in [0.15, 0.2) is 89.2 Å². The van der Waals surface area contributed by atoms with Crippen LogP contribution in [0.2, 0.25) is 0 Å². The van der Waals surface area contributed by atoms with Gasteiger partial charge in [-0.15, -0.1) is 0 Å². The maximum atomic E-state index is 11.4. The lowest BCUT2D eigenvalue weighted by molar-refractivity contribution is -0.135. The molecule has 8 nitrogen and oxygen atoms in total. The molecule has 1 saturated carbocycles. The lowest BCUT2D eigenvalue weighted by atomic mass is 9.98. The minimum Gasteiger partial charge on any atom is -0.489 e. The minimum atomic E-state index is -0.948. The Kier molecular flexibility index (Phi) is 10.3. The maximum absolute atomic E-state index is 11.4. The highest BCUT2D eigenvalue weighted by Gasteiger charge is 2.16. The summed E-state index contributed by atoms with van der Waals surface area (Å²) in [6.07, 6.45) is 5.23. The first-order valence-electron chi connectivity index (χ1n) is 13.2. The highest BCUT2D eigenvalue weighted by Crippen LogP contribution is 2.22. The van der Waals surface area contributed by atoms with Crippen LogP contribution in [-0.2, 0) is 21.1 Å². The smallest absolute Gasteiger partial charge is 0.309 e. The molecule has 1 fully saturated rings. The molecule has 0 saturated heterocycles. The van der Waals surface area contributed by atoms with Crippen LogP contribution in [0, 0.1) is 0 Å². The number of nitrogens with zero attached hydrogens (tertiary/aromatic N) is 2. The number of hydrogen-bond acceptors (Lipinski definition) is 7. The van der Waals surface area contributed by atoms with Gasteiger partial charge < -0.3 is 24.3 Å². The van der Waals surface area contributed by atoms with E-state index in [-0.39, 0.29) is 19.1 Å². The molecule has 0 heterocycles. The summed E-state index contributed by atoms with van der Waals surface area (Å²) >= 11 is 0. The molecule has 0 spiro atoms. The average Bonchev–Trinajstić information content (AvgIpc) is 2.98. The van der Waals surface area contributed by atoms with E-state index in [1.54, 1.807) is 0 Å². The van der Waals surface area contributed by atoms with Crippen molar-refractivity contribution in [2.24, 2.45) is 10.3 Å². The molecule has 4 rings (SSSR count). The van der Waals surface area contributed by atoms with Gasteiger partial charge in [0.1, 0.15) is 43.6 Å². The molecule has 1 aliphatic carbocycles. The molecular weight excluding hydrogens is 496 g/mol. The van der Waals surface area contributed by atoms with E-state index < -0.39 is 5.97 Å². The summed E-state index contributed by atoms with van der Waals surface area (Å²) in [7, 11) is 1.51. The molecule has 3 aromatic carbocycles. The third-order valence-corrected chi connectivity index (χ3v) is 6.38. The second kappa shape index (κ2) is 14.6. The number of oxime groups is 2. The number of rotatable bonds is 13. The van der Waals surface area contributed by atoms with Gasteiger partial charge in [-0.05, 0) is 67.6 Å². The Morgan fingerprint density at radius 2 is 1.44 bits per heavy atom. The molecule has 1 N–H and O–H groups in total. The van der Waals surface area contributed by atoms with Gasteiger partial charge in [-0.3, -0.25) is 4.79 Å². The summed E-state index contributed by atoms with van der Waals surface area (Å²) in [6.45, 7) is 0.653. The van der Waals surface area contributed by atoms with Crippen molar-refractivity contribution in [1.82, 2.24) is 0 Å². The molecule has 0 bridgehead atoms. The number of ether oxygens (including phenoxy) is 2. The molecule has 204 valence electrons. The molecule has 0 aliphatic heterocycles. The number of benzene rings is 3. The van der Waals surface area contributed by atoms with Gasteiger partial charge in [-0.1, -0.05) is 59.2 Å². The fourth-order valence-electron chi connectivity index (χ4n) is 4.29. The molecule has 0 atom stereocenters. The fraction of sp³-hybridized carbons (Fsp3) is 0.323. The summed E-state index contributed by atoms with van der Waals surface area (Å²) in [4.78, 5) is 22.0. The first-order chi connectivity index (χ1) is 19.1. The third kappa shape index (κ3) is 8.88. The van der Waals surface area contributed by atoms with Crippen molar-refractivity contribution < 1.29 is 29.0 Å². The van der Waals surface area contributed by atoms with Gasteiger partial charge in [-0.25, -0.2) is 0 Å². The summed E-state index contributed by atoms with van der Waals surface area (Å²) in [6, 6.07) is 24.6. The molecular formula is C31H34N2O6. The molecule has 3 aromatic rings. The topological polar surface area (TPSA) is 98.9 Å². The summed E-state index contributed by atoms with van der Waals surface area (Å²) in [5, 5.41) is 17.6. The predicted molar refractivity (Wildman–Crippen MR) is 149 cm³/mol. The Morgan fingerprint density at radius 1 is 0.795 bits per heavy atom. The van der Waals surface area contributed by atoms with Crippen LogP contribution < -0.4 is 9.47 Å². The summed E-state index contributed by atoms with van der Waals surface area (Å²) in [5.74, 6) is 0.435. The second-order valence-corrected chi connectivity index (χ2v) is 9.31. The zero-order valence-corrected chi connectivity index (χ0v) is 22.1. The van der Waals surface area contributed by atoms with Gasteiger partial charge in [-0.2, -0.15) is 0 Å². The Bertz CT molecular complexity index is 1230. The Hall–Kier alpha value is -4.33. The molecule has 1 aliphatic rings. The van der Waals surface area contributed by atoms with Crippen LogP contribution in [0.3, 0.4) is 0 Å². The van der Waals surface area contributed by atoms with Crippen molar-refractivity contribution in [1.29, 1.82) is 0 Å². The van der Waals surface area contributed by atoms with Crippen molar-refractivity contribution in [2.75, 3.05) is 13.7 Å². The molecule has 8 heteroatoms. The first-order valence-corrected chi connectivity index (χ1v) is 13.2. The van der Waals surface area contributed by atoms with Crippen molar-refractivity contribution in [3.63, 3.8) is 0 Å². The Labute approximate surface area is 228 Å². The van der Waals surface area contributed by atoms with Crippen molar-refractivity contribution >= 4 is 17.4 Å². The van der Waals surface area contributed by atoms with E-state index in [1.165, 1.54) is 13.5 Å². The number of carboxylic acids is 1. The highest BCUT2D eigenvalue weighted by molar-refractivity contribution is 6.08. The normalized spacial score (nSPS) is 14.5. The van der Waals surface area contributed by atoms with Crippen LogP contribution >= 0.6 is 0 Å². The fourth-order valence-corrected chi connectivity index (χ4v) is 4.29. The lowest BCUT2D eigenvalue weighted by Gasteiger charge is -2.19. The third-order valence-electron chi connectivity index (χ3n) is 6.38. The van der Waals surface area contributed by atoms with E-state index in [4.69, 9.17) is 19.1 Å². The summed E-state index contributed by atoms with van der Waals surface area (Å²) < 4.78 is 11.8. The zero-order chi connectivity index (χ0) is 27.3.